The largest absolute Gasteiger partial charge is 0.495 e. The second-order valence-electron chi connectivity index (χ2n) is 4.31. The van der Waals surface area contributed by atoms with Crippen LogP contribution in [0.2, 0.25) is 0 Å². The van der Waals surface area contributed by atoms with Crippen LogP contribution in [-0.4, -0.2) is 36.8 Å². The van der Waals surface area contributed by atoms with Crippen molar-refractivity contribution in [3.63, 3.8) is 0 Å². The zero-order chi connectivity index (χ0) is 14.0. The van der Waals surface area contributed by atoms with Gasteiger partial charge in [0.05, 0.1) is 29.4 Å². The summed E-state index contributed by atoms with van der Waals surface area (Å²) >= 11 is 6.76. The Kier molecular flexibility index (Phi) is 4.83. The molecule has 0 bridgehead atoms. The molecule has 1 aliphatic rings. The van der Waals surface area contributed by atoms with Crippen LogP contribution in [-0.2, 0) is 4.79 Å². The summed E-state index contributed by atoms with van der Waals surface area (Å²) < 4.78 is 6.75. The summed E-state index contributed by atoms with van der Waals surface area (Å²) in [7, 11) is 1.56. The number of nitrogens with one attached hydrogen (secondary N) is 2. The van der Waals surface area contributed by atoms with Gasteiger partial charge in [0, 0.05) is 17.1 Å². The van der Waals surface area contributed by atoms with Gasteiger partial charge >= 0.3 is 0 Å². The number of benzene rings is 1. The predicted molar refractivity (Wildman–Crippen MR) is 79.4 cm³/mol. The van der Waals surface area contributed by atoms with Gasteiger partial charge in [-0.1, -0.05) is 0 Å². The van der Waals surface area contributed by atoms with Crippen molar-refractivity contribution < 1.29 is 14.6 Å². The number of rotatable bonds is 3. The second kappa shape index (κ2) is 6.21. The first-order valence-corrected chi connectivity index (χ1v) is 7.35. The molecule has 3 N–H and O–H groups in total. The number of halogens is 2. The molecule has 5 nitrogen and oxygen atoms in total. The number of β-amino-alcohol motifs (C(OH)–C–C–N with tert-alkyl or cyclic N) is 1. The lowest BCUT2D eigenvalue weighted by atomic mass is 10.2. The molecule has 1 aromatic carbocycles. The third-order valence-electron chi connectivity index (χ3n) is 2.92. The Morgan fingerprint density at radius 1 is 1.47 bits per heavy atom. The molecule has 2 atom stereocenters. The van der Waals surface area contributed by atoms with Crippen molar-refractivity contribution >= 4 is 43.5 Å². The van der Waals surface area contributed by atoms with Crippen molar-refractivity contribution in [1.82, 2.24) is 5.32 Å². The quantitative estimate of drug-likeness (QED) is 0.733. The molecule has 1 saturated heterocycles. The number of aliphatic hydroxyl groups is 1. The highest BCUT2D eigenvalue weighted by atomic mass is 79.9. The van der Waals surface area contributed by atoms with Crippen LogP contribution in [0.25, 0.3) is 0 Å². The molecular weight excluding hydrogens is 380 g/mol. The molecule has 0 spiro atoms. The van der Waals surface area contributed by atoms with Crippen molar-refractivity contribution in [2.24, 2.45) is 0 Å². The number of carbonyl (C=O) groups is 1. The number of methoxy groups -OCH3 is 1. The van der Waals surface area contributed by atoms with Crippen LogP contribution in [0.4, 0.5) is 5.69 Å². The summed E-state index contributed by atoms with van der Waals surface area (Å²) in [5, 5.41) is 15.2. The summed E-state index contributed by atoms with van der Waals surface area (Å²) in [5.41, 5.74) is 0.633. The van der Waals surface area contributed by atoms with Gasteiger partial charge in [-0.2, -0.15) is 0 Å². The second-order valence-corrected chi connectivity index (χ2v) is 6.01. The fourth-order valence-corrected chi connectivity index (χ4v) is 3.17. The van der Waals surface area contributed by atoms with E-state index < -0.39 is 6.10 Å². The Bertz CT molecular complexity index is 496. The minimum Gasteiger partial charge on any atom is -0.495 e. The average molecular weight is 394 g/mol. The molecule has 1 aliphatic heterocycles. The molecule has 19 heavy (non-hydrogen) atoms. The lowest BCUT2D eigenvalue weighted by molar-refractivity contribution is -0.117. The Balaban J connectivity index is 2.12. The fraction of sp³-hybridized carbons (Fsp3) is 0.417. The Labute approximate surface area is 128 Å². The van der Waals surface area contributed by atoms with E-state index in [-0.39, 0.29) is 11.9 Å². The van der Waals surface area contributed by atoms with Crippen molar-refractivity contribution in [1.29, 1.82) is 0 Å². The van der Waals surface area contributed by atoms with Crippen LogP contribution in [0.5, 0.6) is 5.75 Å². The molecule has 0 radical (unpaired) electrons. The number of carbonyl (C=O) groups excluding carboxylic acids is 1. The maximum absolute atomic E-state index is 12.0. The van der Waals surface area contributed by atoms with Crippen molar-refractivity contribution in [3.05, 3.63) is 21.1 Å². The summed E-state index contributed by atoms with van der Waals surface area (Å²) in [5.74, 6) is 0.472. The van der Waals surface area contributed by atoms with E-state index in [0.29, 0.717) is 24.4 Å². The molecule has 0 saturated carbocycles. The Morgan fingerprint density at radius 2 is 2.21 bits per heavy atom. The first-order valence-electron chi connectivity index (χ1n) is 5.76. The number of hydrogen-bond donors (Lipinski definition) is 3. The molecule has 7 heteroatoms. The van der Waals surface area contributed by atoms with Gasteiger partial charge in [-0.15, -0.1) is 0 Å². The van der Waals surface area contributed by atoms with Gasteiger partial charge in [0.1, 0.15) is 5.75 Å². The molecule has 1 fully saturated rings. The zero-order valence-electron chi connectivity index (χ0n) is 10.2. The van der Waals surface area contributed by atoms with Crippen molar-refractivity contribution in [2.75, 3.05) is 19.0 Å². The highest BCUT2D eigenvalue weighted by Crippen LogP contribution is 2.34. The molecule has 1 aromatic rings. The zero-order valence-corrected chi connectivity index (χ0v) is 13.4. The maximum Gasteiger partial charge on any atom is 0.241 e. The van der Waals surface area contributed by atoms with E-state index in [1.54, 1.807) is 13.2 Å². The summed E-state index contributed by atoms with van der Waals surface area (Å²) in [6.45, 7) is 0.447. The molecule has 104 valence electrons. The van der Waals surface area contributed by atoms with Gasteiger partial charge in [-0.25, -0.2) is 0 Å². The van der Waals surface area contributed by atoms with Crippen molar-refractivity contribution in [3.8, 4) is 5.75 Å². The number of anilines is 1. The minimum atomic E-state index is -0.460. The third kappa shape index (κ3) is 3.47. The smallest absolute Gasteiger partial charge is 0.241 e. The molecule has 1 heterocycles. The lowest BCUT2D eigenvalue weighted by Gasteiger charge is -2.14. The normalized spacial score (nSPS) is 22.3. The van der Waals surface area contributed by atoms with E-state index in [1.165, 1.54) is 0 Å². The highest BCUT2D eigenvalue weighted by molar-refractivity contribution is 9.11. The van der Waals surface area contributed by atoms with Gasteiger partial charge in [0.25, 0.3) is 0 Å². The van der Waals surface area contributed by atoms with E-state index >= 15 is 0 Å². The third-order valence-corrected chi connectivity index (χ3v) is 4.20. The van der Waals surface area contributed by atoms with Crippen LogP contribution >= 0.6 is 31.9 Å². The van der Waals surface area contributed by atoms with E-state index in [9.17, 15) is 9.90 Å². The topological polar surface area (TPSA) is 70.6 Å². The van der Waals surface area contributed by atoms with Crippen LogP contribution < -0.4 is 15.4 Å². The first-order chi connectivity index (χ1) is 9.01. The molecular formula is C12H14Br2N2O3. The SMILES string of the molecule is COc1cc(NC(=O)C2CC(O)CN2)c(Br)cc1Br. The summed E-state index contributed by atoms with van der Waals surface area (Å²) in [6.07, 6.45) is -0.0319. The van der Waals surface area contributed by atoms with Crippen LogP contribution in [0, 0.1) is 0 Å². The predicted octanol–water partition coefficient (Wildman–Crippen LogP) is 1.88. The molecule has 0 aromatic heterocycles. The van der Waals surface area contributed by atoms with Gasteiger partial charge in [-0.05, 0) is 44.3 Å². The van der Waals surface area contributed by atoms with E-state index in [0.717, 1.165) is 8.95 Å². The Morgan fingerprint density at radius 3 is 2.79 bits per heavy atom. The van der Waals surface area contributed by atoms with Crippen LogP contribution in [0.15, 0.2) is 21.1 Å². The minimum absolute atomic E-state index is 0.165. The van der Waals surface area contributed by atoms with Gasteiger partial charge in [-0.3, -0.25) is 4.79 Å². The summed E-state index contributed by atoms with van der Waals surface area (Å²) in [6, 6.07) is 3.18. The lowest BCUT2D eigenvalue weighted by Crippen LogP contribution is -2.35. The average Bonchev–Trinajstić information content (AvgIpc) is 2.79. The number of hydrogen-bond acceptors (Lipinski definition) is 4. The van der Waals surface area contributed by atoms with E-state index in [4.69, 9.17) is 4.74 Å². The standard InChI is InChI=1S/C12H14Br2N2O3/c1-19-11-4-9(7(13)3-8(11)14)16-12(18)10-2-6(17)5-15-10/h3-4,6,10,15,17H,2,5H2,1H3,(H,16,18). The summed E-state index contributed by atoms with van der Waals surface area (Å²) in [4.78, 5) is 12.0. The van der Waals surface area contributed by atoms with E-state index in [2.05, 4.69) is 42.5 Å². The molecule has 1 amide bonds. The van der Waals surface area contributed by atoms with Gasteiger partial charge < -0.3 is 20.5 Å². The number of ether oxygens (including phenoxy) is 1. The maximum atomic E-state index is 12.0. The fourth-order valence-electron chi connectivity index (χ4n) is 1.92. The Hall–Kier alpha value is -0.630. The van der Waals surface area contributed by atoms with Crippen LogP contribution in [0.1, 0.15) is 6.42 Å². The molecule has 2 unspecified atom stereocenters. The highest BCUT2D eigenvalue weighted by Gasteiger charge is 2.28. The van der Waals surface area contributed by atoms with Crippen molar-refractivity contribution in [2.45, 2.75) is 18.6 Å². The van der Waals surface area contributed by atoms with E-state index in [1.807, 2.05) is 6.07 Å². The molecule has 2 rings (SSSR count). The van der Waals surface area contributed by atoms with Crippen LogP contribution in [0.3, 0.4) is 0 Å². The number of aliphatic hydroxyl groups excluding tert-OH is 1. The number of amides is 1. The first kappa shape index (κ1) is 14.8. The van der Waals surface area contributed by atoms with Gasteiger partial charge in [0.2, 0.25) is 5.91 Å². The molecule has 0 aliphatic carbocycles. The van der Waals surface area contributed by atoms with Gasteiger partial charge in [0.15, 0.2) is 0 Å². The monoisotopic (exact) mass is 392 g/mol.